The van der Waals surface area contributed by atoms with Gasteiger partial charge in [-0.1, -0.05) is 0 Å². The van der Waals surface area contributed by atoms with Crippen LogP contribution in [0.3, 0.4) is 0 Å². The van der Waals surface area contributed by atoms with E-state index in [0.717, 1.165) is 11.0 Å². The quantitative estimate of drug-likeness (QED) is 0.465. The predicted octanol–water partition coefficient (Wildman–Crippen LogP) is 0.310. The largest absolute Gasteiger partial charge is 0.292 e. The molecular formula is C7H7N5. The zero-order valence-corrected chi connectivity index (χ0v) is 6.23. The van der Waals surface area contributed by atoms with Gasteiger partial charge in [0, 0.05) is 6.20 Å². The summed E-state index contributed by atoms with van der Waals surface area (Å²) in [6.45, 7) is 0. The van der Waals surface area contributed by atoms with Gasteiger partial charge in [0.25, 0.3) is 0 Å². The summed E-state index contributed by atoms with van der Waals surface area (Å²) in [4.78, 5) is 12.1. The minimum absolute atomic E-state index is 0.399. The van der Waals surface area contributed by atoms with Crippen LogP contribution in [0.2, 0.25) is 0 Å². The standard InChI is InChI=1S/C7H7N5/c8-12-7-10-4-6-5(11-7)2-1-3-9-6/h1-4H,8H2,(H,10,11,12). The molecule has 0 bridgehead atoms. The number of nitrogens with two attached hydrogens (primary N) is 1. The normalized spacial score (nSPS) is 10.1. The minimum atomic E-state index is 0.399. The molecule has 12 heavy (non-hydrogen) atoms. The molecule has 60 valence electrons. The predicted molar refractivity (Wildman–Crippen MR) is 45.1 cm³/mol. The molecule has 0 spiro atoms. The highest BCUT2D eigenvalue weighted by atomic mass is 15.3. The molecule has 0 atom stereocenters. The Morgan fingerprint density at radius 2 is 2.17 bits per heavy atom. The molecule has 2 aromatic heterocycles. The van der Waals surface area contributed by atoms with E-state index < -0.39 is 0 Å². The summed E-state index contributed by atoms with van der Waals surface area (Å²) in [6.07, 6.45) is 3.32. The minimum Gasteiger partial charge on any atom is -0.292 e. The van der Waals surface area contributed by atoms with Crippen LogP contribution < -0.4 is 11.3 Å². The highest BCUT2D eigenvalue weighted by Crippen LogP contribution is 2.07. The van der Waals surface area contributed by atoms with Crippen LogP contribution in [0.25, 0.3) is 11.0 Å². The average molecular weight is 161 g/mol. The van der Waals surface area contributed by atoms with Crippen LogP contribution >= 0.6 is 0 Å². The number of aromatic nitrogens is 3. The first-order chi connectivity index (χ1) is 5.90. The van der Waals surface area contributed by atoms with Gasteiger partial charge in [-0.15, -0.1) is 0 Å². The summed E-state index contributed by atoms with van der Waals surface area (Å²) in [5, 5.41) is 0. The Morgan fingerprint density at radius 1 is 1.25 bits per heavy atom. The molecule has 0 unspecified atom stereocenters. The number of hydrazine groups is 1. The van der Waals surface area contributed by atoms with Crippen LogP contribution in [0.5, 0.6) is 0 Å². The first-order valence-electron chi connectivity index (χ1n) is 3.44. The highest BCUT2D eigenvalue weighted by Gasteiger charge is 1.96. The summed E-state index contributed by atoms with van der Waals surface area (Å²) in [5.41, 5.74) is 3.91. The van der Waals surface area contributed by atoms with Crippen molar-refractivity contribution in [3.05, 3.63) is 24.5 Å². The summed E-state index contributed by atoms with van der Waals surface area (Å²) in [5.74, 6) is 5.54. The Kier molecular flexibility index (Phi) is 1.56. The fourth-order valence-corrected chi connectivity index (χ4v) is 0.938. The molecule has 5 heteroatoms. The van der Waals surface area contributed by atoms with Gasteiger partial charge in [-0.05, 0) is 12.1 Å². The lowest BCUT2D eigenvalue weighted by Crippen LogP contribution is -2.10. The second-order valence-electron chi connectivity index (χ2n) is 2.25. The van der Waals surface area contributed by atoms with Crippen molar-refractivity contribution in [3.8, 4) is 0 Å². The van der Waals surface area contributed by atoms with Gasteiger partial charge in [0.2, 0.25) is 5.95 Å². The third kappa shape index (κ3) is 1.06. The summed E-state index contributed by atoms with van der Waals surface area (Å²) < 4.78 is 0. The monoisotopic (exact) mass is 161 g/mol. The maximum absolute atomic E-state index is 5.15. The average Bonchev–Trinajstić information content (AvgIpc) is 2.17. The Balaban J connectivity index is 2.67. The van der Waals surface area contributed by atoms with Crippen LogP contribution in [0, 0.1) is 0 Å². The summed E-state index contributed by atoms with van der Waals surface area (Å²) >= 11 is 0. The number of nitrogens with zero attached hydrogens (tertiary/aromatic N) is 3. The molecular weight excluding hydrogens is 154 g/mol. The molecule has 0 amide bonds. The number of nitrogens with one attached hydrogen (secondary N) is 1. The van der Waals surface area contributed by atoms with Gasteiger partial charge in [0.05, 0.1) is 11.7 Å². The number of rotatable bonds is 1. The Hall–Kier alpha value is -1.75. The summed E-state index contributed by atoms with van der Waals surface area (Å²) in [6, 6.07) is 3.67. The van der Waals surface area contributed by atoms with Gasteiger partial charge in [0.15, 0.2) is 0 Å². The van der Waals surface area contributed by atoms with E-state index in [-0.39, 0.29) is 0 Å². The van der Waals surface area contributed by atoms with Crippen molar-refractivity contribution in [1.29, 1.82) is 0 Å². The van der Waals surface area contributed by atoms with E-state index in [0.29, 0.717) is 5.95 Å². The zero-order chi connectivity index (χ0) is 8.39. The number of nitrogen functional groups attached to an aromatic ring is 1. The molecule has 0 aromatic carbocycles. The van der Waals surface area contributed by atoms with Crippen molar-refractivity contribution in [2.24, 2.45) is 5.84 Å². The van der Waals surface area contributed by atoms with Gasteiger partial charge in [-0.2, -0.15) is 0 Å². The summed E-state index contributed by atoms with van der Waals surface area (Å²) in [7, 11) is 0. The maximum atomic E-state index is 5.15. The van der Waals surface area contributed by atoms with E-state index in [2.05, 4.69) is 20.4 Å². The van der Waals surface area contributed by atoms with Crippen LogP contribution in [-0.4, -0.2) is 15.0 Å². The van der Waals surface area contributed by atoms with E-state index in [9.17, 15) is 0 Å². The van der Waals surface area contributed by atoms with Gasteiger partial charge < -0.3 is 0 Å². The van der Waals surface area contributed by atoms with E-state index in [4.69, 9.17) is 5.84 Å². The lowest BCUT2D eigenvalue weighted by atomic mass is 10.4. The lowest BCUT2D eigenvalue weighted by Gasteiger charge is -1.98. The van der Waals surface area contributed by atoms with E-state index in [1.807, 2.05) is 12.1 Å². The van der Waals surface area contributed by atoms with Crippen molar-refractivity contribution in [2.75, 3.05) is 5.43 Å². The molecule has 2 rings (SSSR count). The highest BCUT2D eigenvalue weighted by molar-refractivity contribution is 5.73. The second-order valence-corrected chi connectivity index (χ2v) is 2.25. The number of pyridine rings is 1. The lowest BCUT2D eigenvalue weighted by molar-refractivity contribution is 1.14. The first kappa shape index (κ1) is 6.93. The van der Waals surface area contributed by atoms with Crippen molar-refractivity contribution in [3.63, 3.8) is 0 Å². The van der Waals surface area contributed by atoms with Crippen LogP contribution in [0.4, 0.5) is 5.95 Å². The van der Waals surface area contributed by atoms with Crippen LogP contribution in [0.15, 0.2) is 24.5 Å². The van der Waals surface area contributed by atoms with E-state index >= 15 is 0 Å². The fourth-order valence-electron chi connectivity index (χ4n) is 0.938. The van der Waals surface area contributed by atoms with Crippen LogP contribution in [0.1, 0.15) is 0 Å². The molecule has 0 radical (unpaired) electrons. The molecule has 2 heterocycles. The van der Waals surface area contributed by atoms with Gasteiger partial charge in [-0.3, -0.25) is 10.4 Å². The smallest absolute Gasteiger partial charge is 0.237 e. The maximum Gasteiger partial charge on any atom is 0.237 e. The van der Waals surface area contributed by atoms with Gasteiger partial charge in [0.1, 0.15) is 5.52 Å². The SMILES string of the molecule is NNc1ncc2ncccc2n1. The Bertz CT molecular complexity index is 400. The molecule has 0 fully saturated rings. The van der Waals surface area contributed by atoms with Crippen molar-refractivity contribution < 1.29 is 0 Å². The molecule has 3 N–H and O–H groups in total. The third-order valence-electron chi connectivity index (χ3n) is 1.48. The van der Waals surface area contributed by atoms with Gasteiger partial charge >= 0.3 is 0 Å². The zero-order valence-electron chi connectivity index (χ0n) is 6.23. The molecule has 0 aliphatic heterocycles. The molecule has 0 saturated carbocycles. The number of hydrogen-bond donors (Lipinski definition) is 2. The van der Waals surface area contributed by atoms with E-state index in [1.165, 1.54) is 0 Å². The molecule has 5 nitrogen and oxygen atoms in total. The molecule has 0 saturated heterocycles. The number of hydrogen-bond acceptors (Lipinski definition) is 5. The first-order valence-corrected chi connectivity index (χ1v) is 3.44. The van der Waals surface area contributed by atoms with Crippen molar-refractivity contribution in [2.45, 2.75) is 0 Å². The van der Waals surface area contributed by atoms with Crippen LogP contribution in [-0.2, 0) is 0 Å². The number of fused-ring (bicyclic) bond motifs is 1. The van der Waals surface area contributed by atoms with E-state index in [1.54, 1.807) is 12.4 Å². The number of anilines is 1. The topological polar surface area (TPSA) is 76.7 Å². The van der Waals surface area contributed by atoms with Crippen molar-refractivity contribution in [1.82, 2.24) is 15.0 Å². The third-order valence-corrected chi connectivity index (χ3v) is 1.48. The fraction of sp³-hybridized carbons (Fsp3) is 0. The molecule has 0 aliphatic carbocycles. The second kappa shape index (κ2) is 2.71. The Labute approximate surface area is 68.6 Å². The molecule has 0 aliphatic rings. The van der Waals surface area contributed by atoms with Crippen molar-refractivity contribution >= 4 is 17.0 Å². The van der Waals surface area contributed by atoms with Gasteiger partial charge in [-0.25, -0.2) is 15.8 Å². The molecule has 2 aromatic rings. The Morgan fingerprint density at radius 3 is 3.00 bits per heavy atom.